The topological polar surface area (TPSA) is 46.5 Å². The van der Waals surface area contributed by atoms with Crippen LogP contribution in [0.15, 0.2) is 36.4 Å². The molecule has 0 bridgehead atoms. The van der Waals surface area contributed by atoms with E-state index in [4.69, 9.17) is 9.84 Å². The van der Waals surface area contributed by atoms with Crippen molar-refractivity contribution < 1.29 is 14.6 Å². The lowest BCUT2D eigenvalue weighted by Gasteiger charge is -2.10. The van der Waals surface area contributed by atoms with Crippen LogP contribution in [-0.4, -0.2) is 18.2 Å². The molecule has 0 aliphatic heterocycles. The van der Waals surface area contributed by atoms with Crippen molar-refractivity contribution >= 4 is 5.97 Å². The molecule has 0 saturated heterocycles. The first-order valence-electron chi connectivity index (χ1n) is 5.64. The Balaban J connectivity index is 2.74. The van der Waals surface area contributed by atoms with Crippen molar-refractivity contribution in [1.82, 2.24) is 0 Å². The molecule has 0 radical (unpaired) electrons. The number of rotatable bonds is 6. The second-order valence-electron chi connectivity index (χ2n) is 3.90. The molecular formula is C14H18O3. The lowest BCUT2D eigenvalue weighted by atomic mass is 9.96. The van der Waals surface area contributed by atoms with Crippen LogP contribution < -0.4 is 4.74 Å². The number of benzene rings is 1. The van der Waals surface area contributed by atoms with Gasteiger partial charge in [-0.1, -0.05) is 24.3 Å². The summed E-state index contributed by atoms with van der Waals surface area (Å²) in [6, 6.07) is 7.54. The number of ether oxygens (including phenoxy) is 1. The maximum Gasteiger partial charge on any atom is 0.307 e. The highest BCUT2D eigenvalue weighted by molar-refractivity contribution is 5.70. The Morgan fingerprint density at radius 3 is 2.88 bits per heavy atom. The Morgan fingerprint density at radius 1 is 1.53 bits per heavy atom. The van der Waals surface area contributed by atoms with Gasteiger partial charge in [0.25, 0.3) is 0 Å². The lowest BCUT2D eigenvalue weighted by molar-refractivity contribution is -0.141. The number of carboxylic acids is 1. The quantitative estimate of drug-likeness (QED) is 0.770. The fourth-order valence-corrected chi connectivity index (χ4v) is 1.66. The van der Waals surface area contributed by atoms with Gasteiger partial charge in [-0.15, -0.1) is 0 Å². The van der Waals surface area contributed by atoms with Crippen LogP contribution in [0.25, 0.3) is 0 Å². The van der Waals surface area contributed by atoms with Gasteiger partial charge >= 0.3 is 5.97 Å². The summed E-state index contributed by atoms with van der Waals surface area (Å²) in [6.07, 6.45) is 4.85. The SMILES string of the molecule is CC=CCC(Cc1cccc(OC)c1)C(=O)O. The van der Waals surface area contributed by atoms with Crippen molar-refractivity contribution in [2.24, 2.45) is 5.92 Å². The minimum Gasteiger partial charge on any atom is -0.497 e. The zero-order valence-corrected chi connectivity index (χ0v) is 10.2. The van der Waals surface area contributed by atoms with E-state index in [-0.39, 0.29) is 5.92 Å². The van der Waals surface area contributed by atoms with E-state index in [9.17, 15) is 4.79 Å². The standard InChI is InChI=1S/C14H18O3/c1-3-4-7-12(14(15)16)9-11-6-5-8-13(10-11)17-2/h3-6,8,10,12H,7,9H2,1-2H3,(H,15,16). The van der Waals surface area contributed by atoms with E-state index >= 15 is 0 Å². The first-order chi connectivity index (χ1) is 8.17. The van der Waals surface area contributed by atoms with Crippen LogP contribution in [0.3, 0.4) is 0 Å². The number of hydrogen-bond donors (Lipinski definition) is 1. The summed E-state index contributed by atoms with van der Waals surface area (Å²) in [5, 5.41) is 9.12. The molecule has 0 aromatic heterocycles. The summed E-state index contributed by atoms with van der Waals surface area (Å²) in [5.74, 6) is -0.373. The molecule has 3 heteroatoms. The summed E-state index contributed by atoms with van der Waals surface area (Å²) in [6.45, 7) is 1.89. The average molecular weight is 234 g/mol. The Morgan fingerprint density at radius 2 is 2.29 bits per heavy atom. The van der Waals surface area contributed by atoms with Crippen LogP contribution in [0.4, 0.5) is 0 Å². The second-order valence-corrected chi connectivity index (χ2v) is 3.90. The molecule has 0 aliphatic carbocycles. The molecule has 3 nitrogen and oxygen atoms in total. The molecule has 17 heavy (non-hydrogen) atoms. The van der Waals surface area contributed by atoms with Crippen molar-refractivity contribution in [3.05, 3.63) is 42.0 Å². The lowest BCUT2D eigenvalue weighted by Crippen LogP contribution is -2.15. The smallest absolute Gasteiger partial charge is 0.307 e. The second kappa shape index (κ2) is 6.74. The molecule has 0 fully saturated rings. The first kappa shape index (κ1) is 13.3. The number of hydrogen-bond acceptors (Lipinski definition) is 2. The predicted octanol–water partition coefficient (Wildman–Crippen LogP) is 2.90. The van der Waals surface area contributed by atoms with Gasteiger partial charge in [-0.3, -0.25) is 4.79 Å². The number of methoxy groups -OCH3 is 1. The highest BCUT2D eigenvalue weighted by Crippen LogP contribution is 2.18. The zero-order chi connectivity index (χ0) is 12.7. The fraction of sp³-hybridized carbons (Fsp3) is 0.357. The normalized spacial score (nSPS) is 12.6. The van der Waals surface area contributed by atoms with E-state index in [1.165, 1.54) is 0 Å². The summed E-state index contributed by atoms with van der Waals surface area (Å²) in [4.78, 5) is 11.1. The van der Waals surface area contributed by atoms with Crippen molar-refractivity contribution in [2.75, 3.05) is 7.11 Å². The maximum atomic E-state index is 11.1. The van der Waals surface area contributed by atoms with Gasteiger partial charge in [0.05, 0.1) is 13.0 Å². The maximum absolute atomic E-state index is 11.1. The highest BCUT2D eigenvalue weighted by atomic mass is 16.5. The van der Waals surface area contributed by atoms with Gasteiger partial charge in [0.2, 0.25) is 0 Å². The summed E-state index contributed by atoms with van der Waals surface area (Å²) < 4.78 is 5.12. The minimum absolute atomic E-state index is 0.377. The van der Waals surface area contributed by atoms with Crippen molar-refractivity contribution in [1.29, 1.82) is 0 Å². The molecule has 1 unspecified atom stereocenters. The predicted molar refractivity (Wildman–Crippen MR) is 67.3 cm³/mol. The Bertz CT molecular complexity index is 396. The summed E-state index contributed by atoms with van der Waals surface area (Å²) >= 11 is 0. The van der Waals surface area contributed by atoms with E-state index in [2.05, 4.69) is 0 Å². The van der Waals surface area contributed by atoms with Crippen LogP contribution in [0.1, 0.15) is 18.9 Å². The molecule has 1 rings (SSSR count). The molecule has 1 N–H and O–H groups in total. The summed E-state index contributed by atoms with van der Waals surface area (Å²) in [5.41, 5.74) is 0.987. The van der Waals surface area contributed by atoms with Crippen LogP contribution in [-0.2, 0) is 11.2 Å². The Kier molecular flexibility index (Phi) is 5.27. The Hall–Kier alpha value is -1.77. The number of allylic oxidation sites excluding steroid dienone is 2. The molecule has 1 aromatic rings. The van der Waals surface area contributed by atoms with Gasteiger partial charge in [-0.2, -0.15) is 0 Å². The minimum atomic E-state index is -0.758. The van der Waals surface area contributed by atoms with Gasteiger partial charge in [0.15, 0.2) is 0 Å². The molecular weight excluding hydrogens is 216 g/mol. The first-order valence-corrected chi connectivity index (χ1v) is 5.64. The molecule has 0 aliphatic rings. The molecule has 0 amide bonds. The molecule has 0 spiro atoms. The third-order valence-electron chi connectivity index (χ3n) is 2.62. The van der Waals surface area contributed by atoms with Gasteiger partial charge in [-0.25, -0.2) is 0 Å². The summed E-state index contributed by atoms with van der Waals surface area (Å²) in [7, 11) is 1.60. The van der Waals surface area contributed by atoms with Crippen LogP contribution in [0.2, 0.25) is 0 Å². The van der Waals surface area contributed by atoms with E-state index in [0.717, 1.165) is 11.3 Å². The van der Waals surface area contributed by atoms with Gasteiger partial charge in [-0.05, 0) is 37.5 Å². The molecule has 1 aromatic carbocycles. The van der Waals surface area contributed by atoms with Crippen molar-refractivity contribution in [2.45, 2.75) is 19.8 Å². The van der Waals surface area contributed by atoms with Crippen LogP contribution in [0, 0.1) is 5.92 Å². The largest absolute Gasteiger partial charge is 0.497 e. The molecule has 1 atom stereocenters. The van der Waals surface area contributed by atoms with E-state index in [1.54, 1.807) is 7.11 Å². The van der Waals surface area contributed by atoms with Crippen LogP contribution in [0.5, 0.6) is 5.75 Å². The third kappa shape index (κ3) is 4.31. The van der Waals surface area contributed by atoms with Crippen molar-refractivity contribution in [3.63, 3.8) is 0 Å². The Labute approximate surface area is 102 Å². The van der Waals surface area contributed by atoms with Gasteiger partial charge in [0.1, 0.15) is 5.75 Å². The van der Waals surface area contributed by atoms with E-state index < -0.39 is 5.97 Å². The zero-order valence-electron chi connectivity index (χ0n) is 10.2. The van der Waals surface area contributed by atoms with Gasteiger partial charge in [0, 0.05) is 0 Å². The van der Waals surface area contributed by atoms with Gasteiger partial charge < -0.3 is 9.84 Å². The van der Waals surface area contributed by atoms with E-state index in [0.29, 0.717) is 12.8 Å². The monoisotopic (exact) mass is 234 g/mol. The van der Waals surface area contributed by atoms with E-state index in [1.807, 2.05) is 43.3 Å². The average Bonchev–Trinajstić information content (AvgIpc) is 2.34. The molecule has 0 heterocycles. The highest BCUT2D eigenvalue weighted by Gasteiger charge is 2.16. The molecule has 92 valence electrons. The number of aliphatic carboxylic acids is 1. The van der Waals surface area contributed by atoms with Crippen LogP contribution >= 0.6 is 0 Å². The number of carboxylic acid groups (broad SMARTS) is 1. The molecule has 0 saturated carbocycles. The fourth-order valence-electron chi connectivity index (χ4n) is 1.66. The van der Waals surface area contributed by atoms with Crippen molar-refractivity contribution in [3.8, 4) is 5.75 Å². The third-order valence-corrected chi connectivity index (χ3v) is 2.62. The number of carbonyl (C=O) groups is 1.